The number of aliphatic carboxylic acids is 1. The predicted molar refractivity (Wildman–Crippen MR) is 86.8 cm³/mol. The van der Waals surface area contributed by atoms with Crippen LogP contribution in [0.2, 0.25) is 0 Å². The van der Waals surface area contributed by atoms with Gasteiger partial charge in [0.25, 0.3) is 0 Å². The Morgan fingerprint density at radius 3 is 1.90 bits per heavy atom. The van der Waals surface area contributed by atoms with E-state index >= 15 is 0 Å². The van der Waals surface area contributed by atoms with E-state index in [2.05, 4.69) is 6.92 Å². The minimum absolute atomic E-state index is 0. The van der Waals surface area contributed by atoms with Crippen LogP contribution >= 0.6 is 0 Å². The molecule has 0 aliphatic carbocycles. The van der Waals surface area contributed by atoms with E-state index in [0.29, 0.717) is 25.9 Å². The first kappa shape index (κ1) is 23.2. The summed E-state index contributed by atoms with van der Waals surface area (Å²) in [5.41, 5.74) is 0. The summed E-state index contributed by atoms with van der Waals surface area (Å²) in [6.45, 7) is 2.72. The maximum atomic E-state index is 11.3. The van der Waals surface area contributed by atoms with Gasteiger partial charge in [-0.1, -0.05) is 51.9 Å². The molecular formula is C16H31NaO4. The van der Waals surface area contributed by atoms with Crippen LogP contribution in [-0.2, 0) is 14.3 Å². The maximum absolute atomic E-state index is 11.3. The predicted octanol–water partition coefficient (Wildman–Crippen LogP) is 3.67. The molecule has 4 nitrogen and oxygen atoms in total. The van der Waals surface area contributed by atoms with E-state index in [1.54, 1.807) is 0 Å². The molecule has 0 spiro atoms. The summed E-state index contributed by atoms with van der Waals surface area (Å²) in [6.07, 6.45) is 11.4. The Kier molecular flexibility index (Phi) is 19.9. The Bertz CT molecular complexity index is 257. The number of ether oxygens (including phenoxy) is 1. The number of carbonyl (C=O) groups is 2. The zero-order valence-corrected chi connectivity index (χ0v) is 12.9. The number of carbonyl (C=O) groups excluding carboxylic acids is 1. The number of esters is 1. The zero-order chi connectivity index (χ0) is 15.1. The van der Waals surface area contributed by atoms with E-state index < -0.39 is 5.97 Å². The molecular weight excluding hydrogens is 279 g/mol. The van der Waals surface area contributed by atoms with Crippen LogP contribution in [0, 0.1) is 0 Å². The molecule has 0 aromatic carbocycles. The van der Waals surface area contributed by atoms with Gasteiger partial charge in [-0.05, 0) is 19.3 Å². The Morgan fingerprint density at radius 1 is 0.810 bits per heavy atom. The summed E-state index contributed by atoms with van der Waals surface area (Å²) in [5.74, 6) is -1.00. The second-order valence-electron chi connectivity index (χ2n) is 5.30. The fourth-order valence-corrected chi connectivity index (χ4v) is 2.04. The van der Waals surface area contributed by atoms with E-state index in [4.69, 9.17) is 9.84 Å². The van der Waals surface area contributed by atoms with Gasteiger partial charge in [-0.2, -0.15) is 0 Å². The van der Waals surface area contributed by atoms with Crippen molar-refractivity contribution in [3.63, 3.8) is 0 Å². The monoisotopic (exact) mass is 310 g/mol. The summed E-state index contributed by atoms with van der Waals surface area (Å²) in [5, 5.41) is 8.45. The topological polar surface area (TPSA) is 63.6 Å². The van der Waals surface area contributed by atoms with Crippen molar-refractivity contribution in [2.45, 2.75) is 84.0 Å². The first-order valence-corrected chi connectivity index (χ1v) is 8.04. The van der Waals surface area contributed by atoms with Crippen LogP contribution in [-0.4, -0.2) is 53.2 Å². The molecule has 0 atom stereocenters. The van der Waals surface area contributed by atoms with E-state index in [-0.39, 0.29) is 41.9 Å². The quantitative estimate of drug-likeness (QED) is 0.302. The third-order valence-corrected chi connectivity index (χ3v) is 3.28. The first-order chi connectivity index (χ1) is 9.66. The molecule has 21 heavy (non-hydrogen) atoms. The molecule has 0 aliphatic heterocycles. The summed E-state index contributed by atoms with van der Waals surface area (Å²) in [6, 6.07) is 0. The minimum atomic E-state index is -0.808. The second-order valence-corrected chi connectivity index (χ2v) is 5.30. The van der Waals surface area contributed by atoms with Crippen molar-refractivity contribution in [2.24, 2.45) is 0 Å². The van der Waals surface area contributed by atoms with Crippen molar-refractivity contribution in [2.75, 3.05) is 6.61 Å². The summed E-state index contributed by atoms with van der Waals surface area (Å²) in [4.78, 5) is 21.6. The third kappa shape index (κ3) is 19.9. The Morgan fingerprint density at radius 2 is 1.33 bits per heavy atom. The zero-order valence-electron chi connectivity index (χ0n) is 12.9. The Balaban J connectivity index is 0. The van der Waals surface area contributed by atoms with Crippen molar-refractivity contribution < 1.29 is 19.4 Å². The summed E-state index contributed by atoms with van der Waals surface area (Å²) in [7, 11) is 0. The van der Waals surface area contributed by atoms with Gasteiger partial charge >= 0.3 is 41.5 Å². The molecule has 0 amide bonds. The SMILES string of the molecule is CCCCCCCCCCOC(=O)CCCCC(=O)O.[NaH]. The fraction of sp³-hybridized carbons (Fsp3) is 0.875. The fourth-order valence-electron chi connectivity index (χ4n) is 2.04. The van der Waals surface area contributed by atoms with Crippen molar-refractivity contribution in [1.82, 2.24) is 0 Å². The van der Waals surface area contributed by atoms with Crippen LogP contribution in [0.4, 0.5) is 0 Å². The van der Waals surface area contributed by atoms with Gasteiger partial charge < -0.3 is 9.84 Å². The van der Waals surface area contributed by atoms with Gasteiger partial charge in [-0.25, -0.2) is 0 Å². The molecule has 0 bridgehead atoms. The van der Waals surface area contributed by atoms with Crippen molar-refractivity contribution in [1.29, 1.82) is 0 Å². The van der Waals surface area contributed by atoms with Crippen LogP contribution in [0.15, 0.2) is 0 Å². The first-order valence-electron chi connectivity index (χ1n) is 8.04. The molecule has 0 aromatic heterocycles. The summed E-state index contributed by atoms with van der Waals surface area (Å²) < 4.78 is 5.11. The standard InChI is InChI=1S/C16H30O4.Na.H/c1-2-3-4-5-6-7-8-11-14-20-16(19)13-10-9-12-15(17)18;;/h2-14H2,1H3,(H,17,18);;. The Hall–Kier alpha value is -0.0600. The van der Waals surface area contributed by atoms with Crippen LogP contribution < -0.4 is 0 Å². The number of carboxylic acid groups (broad SMARTS) is 1. The number of rotatable bonds is 14. The van der Waals surface area contributed by atoms with E-state index in [0.717, 1.165) is 12.8 Å². The number of hydrogen-bond acceptors (Lipinski definition) is 3. The molecule has 0 radical (unpaired) electrons. The van der Waals surface area contributed by atoms with Crippen molar-refractivity contribution in [3.8, 4) is 0 Å². The van der Waals surface area contributed by atoms with Gasteiger partial charge in [0.2, 0.25) is 0 Å². The number of carboxylic acids is 1. The third-order valence-electron chi connectivity index (χ3n) is 3.28. The van der Waals surface area contributed by atoms with E-state index in [1.807, 2.05) is 0 Å². The molecule has 0 aromatic rings. The molecule has 0 heterocycles. The van der Waals surface area contributed by atoms with Gasteiger partial charge in [-0.3, -0.25) is 9.59 Å². The molecule has 0 rings (SSSR count). The molecule has 120 valence electrons. The van der Waals surface area contributed by atoms with E-state index in [9.17, 15) is 9.59 Å². The van der Waals surface area contributed by atoms with Crippen LogP contribution in [0.3, 0.4) is 0 Å². The summed E-state index contributed by atoms with van der Waals surface area (Å²) >= 11 is 0. The van der Waals surface area contributed by atoms with Crippen molar-refractivity contribution >= 4 is 41.5 Å². The molecule has 5 heteroatoms. The molecule has 0 saturated heterocycles. The average molecular weight is 310 g/mol. The Labute approximate surface area is 151 Å². The van der Waals surface area contributed by atoms with Gasteiger partial charge in [0.1, 0.15) is 0 Å². The van der Waals surface area contributed by atoms with Crippen LogP contribution in [0.25, 0.3) is 0 Å². The molecule has 0 aliphatic rings. The molecule has 0 fully saturated rings. The van der Waals surface area contributed by atoms with E-state index in [1.165, 1.54) is 38.5 Å². The number of unbranched alkanes of at least 4 members (excludes halogenated alkanes) is 8. The van der Waals surface area contributed by atoms with Gasteiger partial charge in [-0.15, -0.1) is 0 Å². The van der Waals surface area contributed by atoms with Gasteiger partial charge in [0, 0.05) is 12.8 Å². The van der Waals surface area contributed by atoms with Gasteiger partial charge in [0.05, 0.1) is 6.61 Å². The second kappa shape index (κ2) is 18.0. The normalized spacial score (nSPS) is 9.95. The van der Waals surface area contributed by atoms with Crippen molar-refractivity contribution in [3.05, 3.63) is 0 Å². The van der Waals surface area contributed by atoms with Gasteiger partial charge in [0.15, 0.2) is 0 Å². The molecule has 1 N–H and O–H groups in total. The molecule has 0 unspecified atom stereocenters. The molecule has 0 saturated carbocycles. The van der Waals surface area contributed by atoms with Crippen LogP contribution in [0.5, 0.6) is 0 Å². The van der Waals surface area contributed by atoms with Crippen LogP contribution in [0.1, 0.15) is 84.0 Å². The number of hydrogen-bond donors (Lipinski definition) is 1. The average Bonchev–Trinajstić information content (AvgIpc) is 2.41.